The number of anilines is 1. The van der Waals surface area contributed by atoms with Crippen LogP contribution in [0.3, 0.4) is 0 Å². The molecule has 9 heteroatoms. The van der Waals surface area contributed by atoms with E-state index in [4.69, 9.17) is 11.6 Å². The maximum Gasteiger partial charge on any atom is 0.227 e. The van der Waals surface area contributed by atoms with Gasteiger partial charge < -0.3 is 5.32 Å². The number of aryl methyl sites for hydroxylation is 2. The van der Waals surface area contributed by atoms with Crippen molar-refractivity contribution in [2.75, 3.05) is 5.32 Å². The summed E-state index contributed by atoms with van der Waals surface area (Å²) in [4.78, 5) is 12.1. The van der Waals surface area contributed by atoms with Crippen molar-refractivity contribution in [1.29, 1.82) is 0 Å². The largest absolute Gasteiger partial charge is 0.308 e. The third kappa shape index (κ3) is 4.70. The van der Waals surface area contributed by atoms with Crippen LogP contribution in [0.1, 0.15) is 17.7 Å². The number of carbonyl (C=O) groups is 1. The number of carbonyl (C=O) groups excluding carboxylic acids is 1. The van der Waals surface area contributed by atoms with Gasteiger partial charge in [0.1, 0.15) is 10.8 Å². The van der Waals surface area contributed by atoms with Crippen LogP contribution in [-0.2, 0) is 17.9 Å². The molecule has 3 aromatic rings. The minimum atomic E-state index is -0.310. The molecule has 0 unspecified atom stereocenters. The Morgan fingerprint density at radius 1 is 1.31 bits per heavy atom. The monoisotopic (exact) mass is 439 g/mol. The van der Waals surface area contributed by atoms with Crippen molar-refractivity contribution in [2.45, 2.75) is 26.4 Å². The van der Waals surface area contributed by atoms with E-state index in [1.807, 2.05) is 13.1 Å². The molecular weight excluding hydrogens is 425 g/mol. The van der Waals surface area contributed by atoms with Gasteiger partial charge in [0.15, 0.2) is 5.82 Å². The highest BCUT2D eigenvalue weighted by Crippen LogP contribution is 2.20. The SMILES string of the molecule is Cc1nn(CCC(=O)Nc2nn(Cc3cccc(F)c3)cc2Cl)cc1Br. The fourth-order valence-electron chi connectivity index (χ4n) is 2.40. The van der Waals surface area contributed by atoms with Gasteiger partial charge in [-0.1, -0.05) is 23.7 Å². The van der Waals surface area contributed by atoms with Crippen LogP contribution >= 0.6 is 27.5 Å². The van der Waals surface area contributed by atoms with Crippen molar-refractivity contribution in [1.82, 2.24) is 19.6 Å². The van der Waals surface area contributed by atoms with Gasteiger partial charge in [0.25, 0.3) is 0 Å². The zero-order valence-corrected chi connectivity index (χ0v) is 16.3. The predicted molar refractivity (Wildman–Crippen MR) is 101 cm³/mol. The standard InChI is InChI=1S/C17H16BrClFN5O/c1-11-14(18)9-24(22-11)6-5-16(26)21-17-15(19)10-25(23-17)8-12-3-2-4-13(20)7-12/h2-4,7,9-10H,5-6,8H2,1H3,(H,21,23,26). The molecular formula is C17H16BrClFN5O. The number of benzene rings is 1. The highest BCUT2D eigenvalue weighted by atomic mass is 79.9. The summed E-state index contributed by atoms with van der Waals surface area (Å²) in [5.74, 6) is -0.243. The molecule has 136 valence electrons. The molecule has 0 aliphatic rings. The van der Waals surface area contributed by atoms with E-state index in [2.05, 4.69) is 31.4 Å². The van der Waals surface area contributed by atoms with Crippen LogP contribution in [0.2, 0.25) is 5.02 Å². The molecule has 2 aromatic heterocycles. The topological polar surface area (TPSA) is 64.7 Å². The third-order valence-corrected chi connectivity index (χ3v) is 4.72. The molecule has 0 fully saturated rings. The first kappa shape index (κ1) is 18.6. The molecule has 1 amide bonds. The van der Waals surface area contributed by atoms with Gasteiger partial charge in [-0.15, -0.1) is 0 Å². The first-order valence-electron chi connectivity index (χ1n) is 7.87. The fraction of sp³-hybridized carbons (Fsp3) is 0.235. The predicted octanol–water partition coefficient (Wildman–Crippen LogP) is 4.02. The number of hydrogen-bond donors (Lipinski definition) is 1. The minimum Gasteiger partial charge on any atom is -0.308 e. The number of rotatable bonds is 6. The maximum atomic E-state index is 13.3. The molecule has 1 N–H and O–H groups in total. The van der Waals surface area contributed by atoms with Crippen LogP contribution in [0, 0.1) is 12.7 Å². The summed E-state index contributed by atoms with van der Waals surface area (Å²) in [7, 11) is 0. The average Bonchev–Trinajstić information content (AvgIpc) is 3.08. The lowest BCUT2D eigenvalue weighted by molar-refractivity contribution is -0.116. The van der Waals surface area contributed by atoms with Crippen molar-refractivity contribution in [3.8, 4) is 0 Å². The molecule has 0 saturated heterocycles. The molecule has 0 saturated carbocycles. The number of nitrogens with zero attached hydrogens (tertiary/aromatic N) is 4. The zero-order chi connectivity index (χ0) is 18.7. The number of halogens is 3. The van der Waals surface area contributed by atoms with Gasteiger partial charge in [0.2, 0.25) is 5.91 Å². The van der Waals surface area contributed by atoms with E-state index in [0.29, 0.717) is 18.1 Å². The van der Waals surface area contributed by atoms with Crippen molar-refractivity contribution < 1.29 is 9.18 Å². The average molecular weight is 441 g/mol. The molecule has 0 radical (unpaired) electrons. The lowest BCUT2D eigenvalue weighted by Crippen LogP contribution is -2.15. The minimum absolute atomic E-state index is 0.216. The Labute approximate surface area is 163 Å². The molecule has 0 atom stereocenters. The Hall–Kier alpha value is -2.19. The lowest BCUT2D eigenvalue weighted by atomic mass is 10.2. The van der Waals surface area contributed by atoms with Gasteiger partial charge in [-0.05, 0) is 40.5 Å². The molecule has 26 heavy (non-hydrogen) atoms. The van der Waals surface area contributed by atoms with Crippen molar-refractivity contribution in [3.63, 3.8) is 0 Å². The zero-order valence-electron chi connectivity index (χ0n) is 13.9. The molecule has 6 nitrogen and oxygen atoms in total. The van der Waals surface area contributed by atoms with Gasteiger partial charge in [0, 0.05) is 25.4 Å². The number of amides is 1. The van der Waals surface area contributed by atoms with Crippen LogP contribution in [0.5, 0.6) is 0 Å². The second-order valence-electron chi connectivity index (χ2n) is 5.78. The molecule has 3 rings (SSSR count). The Morgan fingerprint density at radius 2 is 2.12 bits per heavy atom. The van der Waals surface area contributed by atoms with Crippen LogP contribution in [0.4, 0.5) is 10.2 Å². The summed E-state index contributed by atoms with van der Waals surface area (Å²) in [6, 6.07) is 6.23. The van der Waals surface area contributed by atoms with Crippen LogP contribution in [0.25, 0.3) is 0 Å². The quantitative estimate of drug-likeness (QED) is 0.630. The molecule has 0 aliphatic heterocycles. The second-order valence-corrected chi connectivity index (χ2v) is 7.04. The molecule has 2 heterocycles. The molecule has 1 aromatic carbocycles. The summed E-state index contributed by atoms with van der Waals surface area (Å²) in [5.41, 5.74) is 1.62. The van der Waals surface area contributed by atoms with Crippen LogP contribution in [-0.4, -0.2) is 25.5 Å². The van der Waals surface area contributed by atoms with Crippen molar-refractivity contribution in [3.05, 3.63) is 63.2 Å². The van der Waals surface area contributed by atoms with Gasteiger partial charge in [-0.25, -0.2) is 4.39 Å². The van der Waals surface area contributed by atoms with Gasteiger partial charge >= 0.3 is 0 Å². The van der Waals surface area contributed by atoms with Crippen molar-refractivity contribution in [2.24, 2.45) is 0 Å². The van der Waals surface area contributed by atoms with Crippen LogP contribution in [0.15, 0.2) is 41.1 Å². The van der Waals surface area contributed by atoms with E-state index in [9.17, 15) is 9.18 Å². The van der Waals surface area contributed by atoms with E-state index in [1.165, 1.54) is 12.1 Å². The first-order chi connectivity index (χ1) is 12.4. The van der Waals surface area contributed by atoms with Gasteiger partial charge in [0.05, 0.1) is 16.7 Å². The summed E-state index contributed by atoms with van der Waals surface area (Å²) in [6.45, 7) is 2.68. The summed E-state index contributed by atoms with van der Waals surface area (Å²) >= 11 is 9.52. The summed E-state index contributed by atoms with van der Waals surface area (Å²) < 4.78 is 17.4. The number of aromatic nitrogens is 4. The maximum absolute atomic E-state index is 13.3. The van der Waals surface area contributed by atoms with E-state index >= 15 is 0 Å². The summed E-state index contributed by atoms with van der Waals surface area (Å²) in [5, 5.41) is 11.5. The smallest absolute Gasteiger partial charge is 0.227 e. The van der Waals surface area contributed by atoms with Gasteiger partial charge in [-0.3, -0.25) is 14.2 Å². The Kier molecular flexibility index (Phi) is 5.73. The van der Waals surface area contributed by atoms with E-state index < -0.39 is 0 Å². The van der Waals surface area contributed by atoms with Gasteiger partial charge in [-0.2, -0.15) is 10.2 Å². The molecule has 0 spiro atoms. The van der Waals surface area contributed by atoms with Crippen molar-refractivity contribution >= 4 is 39.3 Å². The highest BCUT2D eigenvalue weighted by Gasteiger charge is 2.12. The Bertz CT molecular complexity index is 920. The summed E-state index contributed by atoms with van der Waals surface area (Å²) in [6.07, 6.45) is 3.65. The van der Waals surface area contributed by atoms with E-state index in [0.717, 1.165) is 15.7 Å². The highest BCUT2D eigenvalue weighted by molar-refractivity contribution is 9.10. The van der Waals surface area contributed by atoms with E-state index in [-0.39, 0.29) is 24.0 Å². The first-order valence-corrected chi connectivity index (χ1v) is 9.04. The number of hydrogen-bond acceptors (Lipinski definition) is 3. The lowest BCUT2D eigenvalue weighted by Gasteiger charge is -2.04. The van der Waals surface area contributed by atoms with E-state index in [1.54, 1.807) is 27.7 Å². The Balaban J connectivity index is 1.59. The molecule has 0 aliphatic carbocycles. The van der Waals surface area contributed by atoms with Crippen LogP contribution < -0.4 is 5.32 Å². The second kappa shape index (κ2) is 8.01. The third-order valence-electron chi connectivity index (χ3n) is 3.66. The Morgan fingerprint density at radius 3 is 2.81 bits per heavy atom. The molecule has 0 bridgehead atoms. The number of nitrogens with one attached hydrogen (secondary N) is 1. The normalized spacial score (nSPS) is 10.9. The fourth-order valence-corrected chi connectivity index (χ4v) is 2.92.